The van der Waals surface area contributed by atoms with E-state index in [0.29, 0.717) is 24.1 Å². The Balaban J connectivity index is 2.07. The number of hydrogen-bond donors (Lipinski definition) is 2. The number of aldehydes is 1. The van der Waals surface area contributed by atoms with Gasteiger partial charge in [0.05, 0.1) is 5.69 Å². The molecule has 0 aliphatic heterocycles. The third-order valence-electron chi connectivity index (χ3n) is 4.36. The van der Waals surface area contributed by atoms with Crippen LogP contribution < -0.4 is 10.9 Å². The fourth-order valence-electron chi connectivity index (χ4n) is 2.97. The Bertz CT molecular complexity index is 962. The first-order valence-corrected chi connectivity index (χ1v) is 8.77. The number of nitrogens with one attached hydrogen (secondary N) is 1. The second-order valence-corrected chi connectivity index (χ2v) is 6.19. The summed E-state index contributed by atoms with van der Waals surface area (Å²) in [5, 5.41) is 16.5. The Morgan fingerprint density at radius 1 is 1.15 bits per heavy atom. The maximum atomic E-state index is 11.6. The first-order chi connectivity index (χ1) is 12.8. The monoisotopic (exact) mass is 350 g/mol. The highest BCUT2D eigenvalue weighted by Gasteiger charge is 2.14. The average molecular weight is 350 g/mol. The molecule has 0 radical (unpaired) electrons. The summed E-state index contributed by atoms with van der Waals surface area (Å²) < 4.78 is 5.66. The van der Waals surface area contributed by atoms with Crippen molar-refractivity contribution in [2.75, 3.05) is 5.32 Å². The molecule has 1 aromatic heterocycles. The van der Waals surface area contributed by atoms with Crippen molar-refractivity contribution in [3.63, 3.8) is 0 Å². The van der Waals surface area contributed by atoms with E-state index in [9.17, 15) is 10.0 Å². The van der Waals surface area contributed by atoms with Gasteiger partial charge in [0.15, 0.2) is 6.29 Å². The molecule has 0 unspecified atom stereocenters. The lowest BCUT2D eigenvalue weighted by atomic mass is 10.0. The van der Waals surface area contributed by atoms with Crippen molar-refractivity contribution in [2.45, 2.75) is 32.7 Å². The third kappa shape index (κ3) is 3.77. The van der Waals surface area contributed by atoms with Crippen LogP contribution in [0.1, 0.15) is 41.3 Å². The SMILES string of the molecule is CCCCc1ccc2c(NCc3ccccc3)c(C=O)c(=NO)oc2c1. The van der Waals surface area contributed by atoms with Gasteiger partial charge in [-0.2, -0.15) is 0 Å². The molecular weight excluding hydrogens is 328 g/mol. The molecule has 2 N–H and O–H groups in total. The molecule has 3 rings (SSSR count). The molecule has 0 bridgehead atoms. The quantitative estimate of drug-likeness (QED) is 0.374. The molecule has 0 spiro atoms. The number of fused-ring (bicyclic) bond motifs is 1. The van der Waals surface area contributed by atoms with Gasteiger partial charge in [-0.05, 0) is 41.3 Å². The zero-order chi connectivity index (χ0) is 18.4. The molecule has 0 fully saturated rings. The lowest BCUT2D eigenvalue weighted by Gasteiger charge is -2.13. The highest BCUT2D eigenvalue weighted by molar-refractivity contribution is 5.99. The molecule has 0 amide bonds. The van der Waals surface area contributed by atoms with Gasteiger partial charge in [-0.15, -0.1) is 0 Å². The van der Waals surface area contributed by atoms with Crippen LogP contribution >= 0.6 is 0 Å². The van der Waals surface area contributed by atoms with Crippen LogP contribution in [0.25, 0.3) is 11.0 Å². The zero-order valence-electron chi connectivity index (χ0n) is 14.7. The van der Waals surface area contributed by atoms with E-state index in [1.807, 2.05) is 48.5 Å². The second kappa shape index (κ2) is 8.34. The minimum Gasteiger partial charge on any atom is -0.435 e. The van der Waals surface area contributed by atoms with Gasteiger partial charge in [-0.3, -0.25) is 4.79 Å². The van der Waals surface area contributed by atoms with E-state index in [1.54, 1.807) is 0 Å². The Labute approximate surface area is 152 Å². The first-order valence-electron chi connectivity index (χ1n) is 8.77. The van der Waals surface area contributed by atoms with Crippen molar-refractivity contribution in [1.82, 2.24) is 0 Å². The Morgan fingerprint density at radius 3 is 2.65 bits per heavy atom. The molecule has 5 nitrogen and oxygen atoms in total. The molecule has 3 aromatic rings. The predicted molar refractivity (Wildman–Crippen MR) is 101 cm³/mol. The zero-order valence-corrected chi connectivity index (χ0v) is 14.7. The number of carbonyl (C=O) groups is 1. The fourth-order valence-corrected chi connectivity index (χ4v) is 2.97. The molecule has 134 valence electrons. The molecule has 5 heteroatoms. The molecule has 26 heavy (non-hydrogen) atoms. The largest absolute Gasteiger partial charge is 0.435 e. The lowest BCUT2D eigenvalue weighted by molar-refractivity contribution is 0.111. The second-order valence-electron chi connectivity index (χ2n) is 6.19. The summed E-state index contributed by atoms with van der Waals surface area (Å²) in [4.78, 5) is 11.6. The smallest absolute Gasteiger partial charge is 0.268 e. The van der Waals surface area contributed by atoms with E-state index >= 15 is 0 Å². The number of hydrogen-bond acceptors (Lipinski definition) is 5. The normalized spacial score (nSPS) is 11.7. The van der Waals surface area contributed by atoms with Crippen LogP contribution in [0.2, 0.25) is 0 Å². The number of benzene rings is 2. The van der Waals surface area contributed by atoms with Crippen LogP contribution in [0.15, 0.2) is 58.1 Å². The van der Waals surface area contributed by atoms with Crippen LogP contribution in [0.5, 0.6) is 0 Å². The van der Waals surface area contributed by atoms with E-state index in [-0.39, 0.29) is 11.1 Å². The van der Waals surface area contributed by atoms with Crippen LogP contribution in [0.4, 0.5) is 5.69 Å². The molecule has 0 saturated carbocycles. The van der Waals surface area contributed by atoms with Gasteiger partial charge in [0.1, 0.15) is 11.1 Å². The van der Waals surface area contributed by atoms with Gasteiger partial charge in [-0.1, -0.05) is 49.7 Å². The summed E-state index contributed by atoms with van der Waals surface area (Å²) in [5.41, 5.74) is 3.56. The van der Waals surface area contributed by atoms with E-state index in [0.717, 1.165) is 35.8 Å². The summed E-state index contributed by atoms with van der Waals surface area (Å²) in [6, 6.07) is 15.8. The van der Waals surface area contributed by atoms with Crippen molar-refractivity contribution in [3.05, 3.63) is 70.8 Å². The van der Waals surface area contributed by atoms with Crippen LogP contribution in [-0.2, 0) is 13.0 Å². The number of nitrogens with zero attached hydrogens (tertiary/aromatic N) is 1. The van der Waals surface area contributed by atoms with Crippen molar-refractivity contribution >= 4 is 22.9 Å². The summed E-state index contributed by atoms with van der Waals surface area (Å²) in [6.07, 6.45) is 3.81. The number of unbranched alkanes of at least 4 members (excludes halogenated alkanes) is 1. The number of anilines is 1. The van der Waals surface area contributed by atoms with Crippen molar-refractivity contribution in [3.8, 4) is 0 Å². The molecule has 1 heterocycles. The summed E-state index contributed by atoms with van der Waals surface area (Å²) in [5.74, 6) is 0. The van der Waals surface area contributed by atoms with Crippen LogP contribution in [0.3, 0.4) is 0 Å². The number of rotatable bonds is 7. The van der Waals surface area contributed by atoms with Crippen LogP contribution in [0, 0.1) is 0 Å². The molecule has 0 atom stereocenters. The topological polar surface area (TPSA) is 74.8 Å². The summed E-state index contributed by atoms with van der Waals surface area (Å²) in [6.45, 7) is 2.69. The number of carbonyl (C=O) groups excluding carboxylic acids is 1. The van der Waals surface area contributed by atoms with Crippen molar-refractivity contribution < 1.29 is 14.4 Å². The Hall–Kier alpha value is -3.08. The van der Waals surface area contributed by atoms with Gasteiger partial charge < -0.3 is 14.9 Å². The third-order valence-corrected chi connectivity index (χ3v) is 4.36. The van der Waals surface area contributed by atoms with Gasteiger partial charge >= 0.3 is 0 Å². The van der Waals surface area contributed by atoms with Gasteiger partial charge in [0.2, 0.25) is 0 Å². The van der Waals surface area contributed by atoms with E-state index in [1.165, 1.54) is 0 Å². The van der Waals surface area contributed by atoms with Crippen molar-refractivity contribution in [2.24, 2.45) is 5.16 Å². The summed E-state index contributed by atoms with van der Waals surface area (Å²) in [7, 11) is 0. The highest BCUT2D eigenvalue weighted by Crippen LogP contribution is 2.26. The number of aryl methyl sites for hydroxylation is 1. The lowest BCUT2D eigenvalue weighted by Crippen LogP contribution is -2.14. The van der Waals surface area contributed by atoms with Crippen LogP contribution in [-0.4, -0.2) is 11.5 Å². The molecule has 0 aliphatic carbocycles. The first kappa shape index (κ1) is 17.7. The fraction of sp³-hybridized carbons (Fsp3) is 0.238. The molecule has 2 aromatic carbocycles. The standard InChI is InChI=1S/C21H22N2O3/c1-2-3-7-15-10-11-17-19(12-15)26-21(23-25)18(14-24)20(17)22-13-16-8-5-4-6-9-16/h4-6,8-12,14,22,25H,2-3,7,13H2,1H3. The van der Waals surface area contributed by atoms with Crippen molar-refractivity contribution in [1.29, 1.82) is 0 Å². The van der Waals surface area contributed by atoms with Gasteiger partial charge in [-0.25, -0.2) is 0 Å². The maximum Gasteiger partial charge on any atom is 0.268 e. The van der Waals surface area contributed by atoms with E-state index in [4.69, 9.17) is 4.42 Å². The molecular formula is C21H22N2O3. The van der Waals surface area contributed by atoms with Gasteiger partial charge in [0, 0.05) is 11.9 Å². The molecule has 0 aliphatic rings. The maximum absolute atomic E-state index is 11.6. The Morgan fingerprint density at radius 2 is 1.96 bits per heavy atom. The van der Waals surface area contributed by atoms with Gasteiger partial charge in [0.25, 0.3) is 5.55 Å². The Kier molecular flexibility index (Phi) is 5.69. The minimum atomic E-state index is -0.0873. The summed E-state index contributed by atoms with van der Waals surface area (Å²) >= 11 is 0. The van der Waals surface area contributed by atoms with E-state index in [2.05, 4.69) is 17.4 Å². The predicted octanol–water partition coefficient (Wildman–Crippen LogP) is 4.49. The van der Waals surface area contributed by atoms with E-state index < -0.39 is 0 Å². The average Bonchev–Trinajstić information content (AvgIpc) is 2.70. The highest BCUT2D eigenvalue weighted by atomic mass is 16.5. The minimum absolute atomic E-state index is 0.0873. The molecule has 0 saturated heterocycles.